The third-order valence-electron chi connectivity index (χ3n) is 5.66. The molecule has 4 unspecified atom stereocenters. The van der Waals surface area contributed by atoms with Gasteiger partial charge in [-0.15, -0.1) is 0 Å². The van der Waals surface area contributed by atoms with Gasteiger partial charge in [0.15, 0.2) is 0 Å². The minimum atomic E-state index is -4.20. The molecule has 2 aliphatic rings. The first-order chi connectivity index (χ1) is 9.22. The van der Waals surface area contributed by atoms with E-state index in [1.54, 1.807) is 0 Å². The molecule has 0 aromatic carbocycles. The molecule has 2 rings (SSSR count). The summed E-state index contributed by atoms with van der Waals surface area (Å²) >= 11 is 0. The van der Waals surface area contributed by atoms with Crippen LogP contribution in [0.25, 0.3) is 0 Å². The number of rotatable bonds is 2. The first-order valence-corrected chi connectivity index (χ1v) is 7.72. The van der Waals surface area contributed by atoms with Crippen LogP contribution in [0.4, 0.5) is 13.2 Å². The van der Waals surface area contributed by atoms with Crippen molar-refractivity contribution in [1.29, 1.82) is 0 Å². The topological polar surface area (TPSA) is 46.2 Å². The first kappa shape index (κ1) is 16.1. The van der Waals surface area contributed by atoms with Crippen LogP contribution in [-0.4, -0.2) is 23.4 Å². The van der Waals surface area contributed by atoms with Crippen LogP contribution in [-0.2, 0) is 0 Å². The van der Waals surface area contributed by atoms with Crippen molar-refractivity contribution < 1.29 is 18.3 Å². The van der Waals surface area contributed by atoms with Crippen LogP contribution < -0.4 is 5.73 Å². The second kappa shape index (κ2) is 5.48. The number of nitrogens with two attached hydrogens (primary N) is 1. The van der Waals surface area contributed by atoms with E-state index >= 15 is 0 Å². The Hall–Kier alpha value is -0.290. The summed E-state index contributed by atoms with van der Waals surface area (Å²) < 4.78 is 39.0. The fraction of sp³-hybridized carbons (Fsp3) is 1.00. The fourth-order valence-electron chi connectivity index (χ4n) is 4.47. The highest BCUT2D eigenvalue weighted by atomic mass is 19.4. The van der Waals surface area contributed by atoms with E-state index in [0.717, 1.165) is 25.7 Å². The van der Waals surface area contributed by atoms with E-state index in [9.17, 15) is 18.3 Å². The van der Waals surface area contributed by atoms with Crippen LogP contribution in [0.15, 0.2) is 0 Å². The zero-order valence-electron chi connectivity index (χ0n) is 12.2. The normalized spacial score (nSPS) is 43.5. The minimum Gasteiger partial charge on any atom is -0.389 e. The third-order valence-corrected chi connectivity index (χ3v) is 5.66. The van der Waals surface area contributed by atoms with E-state index in [1.165, 1.54) is 0 Å². The maximum atomic E-state index is 13.0. The molecule has 0 radical (unpaired) electrons. The summed E-state index contributed by atoms with van der Waals surface area (Å²) in [6.07, 6.45) is 0.227. The van der Waals surface area contributed by atoms with Gasteiger partial charge in [0.05, 0.1) is 11.5 Å². The molecule has 2 aliphatic carbocycles. The van der Waals surface area contributed by atoms with Crippen LogP contribution in [0, 0.1) is 17.3 Å². The molecule has 3 N–H and O–H groups in total. The van der Waals surface area contributed by atoms with Crippen molar-refractivity contribution in [3.63, 3.8) is 0 Å². The van der Waals surface area contributed by atoms with Gasteiger partial charge >= 0.3 is 6.18 Å². The highest BCUT2D eigenvalue weighted by Gasteiger charge is 2.56. The van der Waals surface area contributed by atoms with Crippen molar-refractivity contribution in [3.8, 4) is 0 Å². The van der Waals surface area contributed by atoms with Gasteiger partial charge in [0, 0.05) is 12.0 Å². The molecular formula is C15H26F3NO. The van der Waals surface area contributed by atoms with E-state index in [1.807, 2.05) is 0 Å². The van der Waals surface area contributed by atoms with Gasteiger partial charge in [-0.1, -0.05) is 19.8 Å². The molecule has 0 saturated heterocycles. The number of aliphatic hydroxyl groups is 1. The van der Waals surface area contributed by atoms with Crippen molar-refractivity contribution in [2.75, 3.05) is 6.54 Å². The first-order valence-electron chi connectivity index (χ1n) is 7.72. The molecule has 0 aromatic heterocycles. The quantitative estimate of drug-likeness (QED) is 0.816. The molecule has 2 nitrogen and oxygen atoms in total. The van der Waals surface area contributed by atoms with Gasteiger partial charge in [-0.3, -0.25) is 0 Å². The van der Waals surface area contributed by atoms with Gasteiger partial charge in [0.1, 0.15) is 0 Å². The smallest absolute Gasteiger partial charge is 0.389 e. The van der Waals surface area contributed by atoms with Crippen LogP contribution in [0.2, 0.25) is 0 Å². The fourth-order valence-corrected chi connectivity index (χ4v) is 4.47. The Balaban J connectivity index is 2.23. The average molecular weight is 293 g/mol. The zero-order chi connectivity index (χ0) is 15.0. The summed E-state index contributed by atoms with van der Waals surface area (Å²) in [7, 11) is 0. The Labute approximate surface area is 118 Å². The van der Waals surface area contributed by atoms with Gasteiger partial charge in [-0.25, -0.2) is 0 Å². The Morgan fingerprint density at radius 3 is 2.35 bits per heavy atom. The molecule has 4 atom stereocenters. The van der Waals surface area contributed by atoms with E-state index in [4.69, 9.17) is 5.73 Å². The predicted octanol–water partition coefficient (Wildman–Crippen LogP) is 3.63. The summed E-state index contributed by atoms with van der Waals surface area (Å²) in [4.78, 5) is 0. The lowest BCUT2D eigenvalue weighted by atomic mass is 9.55. The standard InChI is InChI=1S/C15H26F3NO/c1-11-4-2-6-13(8-11,10-19)14(20)7-3-5-12(9-14)15(16,17)18/h11-12,20H,2-10,19H2,1H3. The van der Waals surface area contributed by atoms with Crippen molar-refractivity contribution in [3.05, 3.63) is 0 Å². The molecule has 0 heterocycles. The van der Waals surface area contributed by atoms with E-state index < -0.39 is 23.1 Å². The average Bonchev–Trinajstić information content (AvgIpc) is 2.37. The SMILES string of the molecule is CC1CCCC(CN)(C2(O)CCCC(C(F)(F)F)C2)C1. The number of hydrogen-bond donors (Lipinski definition) is 2. The number of alkyl halides is 3. The maximum Gasteiger partial charge on any atom is 0.391 e. The molecule has 0 bridgehead atoms. The maximum absolute atomic E-state index is 13.0. The van der Waals surface area contributed by atoms with Crippen molar-refractivity contribution in [1.82, 2.24) is 0 Å². The van der Waals surface area contributed by atoms with E-state index in [-0.39, 0.29) is 12.8 Å². The monoisotopic (exact) mass is 293 g/mol. The molecule has 2 saturated carbocycles. The molecular weight excluding hydrogens is 267 g/mol. The lowest BCUT2D eigenvalue weighted by molar-refractivity contribution is -0.221. The summed E-state index contributed by atoms with van der Waals surface area (Å²) in [6, 6.07) is 0. The third kappa shape index (κ3) is 2.84. The number of hydrogen-bond acceptors (Lipinski definition) is 2. The minimum absolute atomic E-state index is 0.141. The highest BCUT2D eigenvalue weighted by molar-refractivity contribution is 5.05. The molecule has 118 valence electrons. The summed E-state index contributed by atoms with van der Waals surface area (Å²) in [5, 5.41) is 11.0. The van der Waals surface area contributed by atoms with Gasteiger partial charge in [-0.05, 0) is 44.4 Å². The number of halogens is 3. The van der Waals surface area contributed by atoms with E-state index in [0.29, 0.717) is 25.3 Å². The molecule has 0 aliphatic heterocycles. The predicted molar refractivity (Wildman–Crippen MR) is 72.1 cm³/mol. The van der Waals surface area contributed by atoms with Crippen molar-refractivity contribution >= 4 is 0 Å². The van der Waals surface area contributed by atoms with Crippen LogP contribution in [0.5, 0.6) is 0 Å². The van der Waals surface area contributed by atoms with Crippen LogP contribution in [0.3, 0.4) is 0 Å². The molecule has 5 heteroatoms. The zero-order valence-corrected chi connectivity index (χ0v) is 12.2. The highest BCUT2D eigenvalue weighted by Crippen LogP contribution is 2.54. The molecule has 20 heavy (non-hydrogen) atoms. The van der Waals surface area contributed by atoms with Gasteiger partial charge in [0.25, 0.3) is 0 Å². The molecule has 0 spiro atoms. The largest absolute Gasteiger partial charge is 0.391 e. The summed E-state index contributed by atoms with van der Waals surface area (Å²) in [5.74, 6) is -0.940. The van der Waals surface area contributed by atoms with Gasteiger partial charge in [-0.2, -0.15) is 13.2 Å². The lowest BCUT2D eigenvalue weighted by Gasteiger charge is -2.54. The lowest BCUT2D eigenvalue weighted by Crippen LogP contribution is -2.57. The van der Waals surface area contributed by atoms with Crippen molar-refractivity contribution in [2.24, 2.45) is 23.0 Å². The van der Waals surface area contributed by atoms with Crippen molar-refractivity contribution in [2.45, 2.75) is 70.1 Å². The Bertz CT molecular complexity index is 347. The van der Waals surface area contributed by atoms with Crippen LogP contribution in [0.1, 0.15) is 58.3 Å². The summed E-state index contributed by atoms with van der Waals surface area (Å²) in [5.41, 5.74) is 4.17. The second-order valence-electron chi connectivity index (χ2n) is 7.05. The van der Waals surface area contributed by atoms with E-state index in [2.05, 4.69) is 6.92 Å². The Morgan fingerprint density at radius 1 is 1.15 bits per heavy atom. The molecule has 2 fully saturated rings. The Kier molecular flexibility index (Phi) is 4.41. The van der Waals surface area contributed by atoms with Gasteiger partial charge < -0.3 is 10.8 Å². The second-order valence-corrected chi connectivity index (χ2v) is 7.05. The van der Waals surface area contributed by atoms with Gasteiger partial charge in [0.2, 0.25) is 0 Å². The Morgan fingerprint density at radius 2 is 1.80 bits per heavy atom. The van der Waals surface area contributed by atoms with Crippen LogP contribution >= 0.6 is 0 Å². The summed E-state index contributed by atoms with van der Waals surface area (Å²) in [6.45, 7) is 2.40. The molecule has 0 aromatic rings. The molecule has 0 amide bonds.